The lowest BCUT2D eigenvalue weighted by atomic mass is 9.36. The summed E-state index contributed by atoms with van der Waals surface area (Å²) in [6, 6.07) is 42.1. The summed E-state index contributed by atoms with van der Waals surface area (Å²) in [4.78, 5) is 5.38. The van der Waals surface area contributed by atoms with Gasteiger partial charge in [-0.3, -0.25) is 0 Å². The molecule has 7 aromatic rings. The van der Waals surface area contributed by atoms with Crippen LogP contribution in [0.2, 0.25) is 0 Å². The van der Waals surface area contributed by atoms with Crippen LogP contribution in [-0.2, 0) is 37.9 Å². The Kier molecular flexibility index (Phi) is 11.8. The summed E-state index contributed by atoms with van der Waals surface area (Å²) in [6.45, 7) is 51.9. The summed E-state index contributed by atoms with van der Waals surface area (Å²) in [6.07, 6.45) is 0. The summed E-state index contributed by atoms with van der Waals surface area (Å²) in [5.41, 5.74) is 23.4. The van der Waals surface area contributed by atoms with Crippen LogP contribution in [0, 0.1) is 6.92 Å². The Labute approximate surface area is 434 Å². The molecule has 6 aromatic carbocycles. The van der Waals surface area contributed by atoms with Crippen molar-refractivity contribution >= 4 is 78.0 Å². The third-order valence-corrected chi connectivity index (χ3v) is 16.7. The van der Waals surface area contributed by atoms with Gasteiger partial charge in [0.05, 0.1) is 11.4 Å². The van der Waals surface area contributed by atoms with Crippen LogP contribution in [0.3, 0.4) is 0 Å². The Morgan fingerprint density at radius 3 is 1.30 bits per heavy atom. The Hall–Kier alpha value is -5.06. The molecule has 71 heavy (non-hydrogen) atoms. The van der Waals surface area contributed by atoms with Crippen LogP contribution in [0.4, 0.5) is 34.1 Å². The number of benzene rings is 6. The van der Waals surface area contributed by atoms with Gasteiger partial charge in [0.25, 0.3) is 6.71 Å². The van der Waals surface area contributed by atoms with Gasteiger partial charge in [0.1, 0.15) is 0 Å². The number of thiophene rings is 1. The molecule has 3 heterocycles. The number of fused-ring (bicyclic) bond motifs is 6. The molecule has 0 bridgehead atoms. The fourth-order valence-electron chi connectivity index (χ4n) is 10.8. The van der Waals surface area contributed by atoms with Crippen molar-refractivity contribution in [3.63, 3.8) is 0 Å². The third-order valence-electron chi connectivity index (χ3n) is 15.5. The molecule has 0 spiro atoms. The summed E-state index contributed by atoms with van der Waals surface area (Å²) in [5.74, 6) is 0. The van der Waals surface area contributed by atoms with E-state index >= 15 is 0 Å². The van der Waals surface area contributed by atoms with Crippen molar-refractivity contribution in [3.8, 4) is 11.1 Å². The Morgan fingerprint density at radius 2 is 0.803 bits per heavy atom. The minimum atomic E-state index is -0.0504. The van der Waals surface area contributed by atoms with E-state index in [4.69, 9.17) is 0 Å². The van der Waals surface area contributed by atoms with Gasteiger partial charge < -0.3 is 9.80 Å². The fourth-order valence-corrected chi connectivity index (χ4v) is 12.1. The maximum absolute atomic E-state index is 2.70. The van der Waals surface area contributed by atoms with Crippen LogP contribution in [-0.4, -0.2) is 6.71 Å². The van der Waals surface area contributed by atoms with Gasteiger partial charge in [-0.05, 0) is 160 Å². The number of rotatable bonds is 3. The Morgan fingerprint density at radius 1 is 0.380 bits per heavy atom. The number of hydrogen-bond acceptors (Lipinski definition) is 3. The highest BCUT2D eigenvalue weighted by Gasteiger charge is 2.46. The standard InChI is InChI=1S/C67H83BN2S/c1-40-29-55-58-56(30-40)70(53-26-23-42(61(2,3)4)37-50(53)41-31-45(64(11,12)13)33-46(32-41)65(14,15)16)54-27-24-44(63(8,9)10)39-52(54)68(58)60-59(51-38-43(62(5,6)7)25-28-57(51)71-60)69(55)49-35-47(66(17,18)19)34-48(36-49)67(20,21)22/h23-39H,1-22H3. The molecule has 0 aliphatic carbocycles. The normalized spacial score (nSPS) is 14.5. The van der Waals surface area contributed by atoms with Crippen LogP contribution < -0.4 is 25.5 Å². The van der Waals surface area contributed by atoms with Crippen LogP contribution in [0.15, 0.2) is 103 Å². The average molecular weight is 959 g/mol. The zero-order chi connectivity index (χ0) is 52.1. The second kappa shape index (κ2) is 16.5. The summed E-state index contributed by atoms with van der Waals surface area (Å²) < 4.78 is 2.76. The summed E-state index contributed by atoms with van der Waals surface area (Å²) in [5, 5.41) is 1.34. The predicted octanol–water partition coefficient (Wildman–Crippen LogP) is 18.0. The van der Waals surface area contributed by atoms with Crippen LogP contribution in [0.25, 0.3) is 21.2 Å². The summed E-state index contributed by atoms with van der Waals surface area (Å²) >= 11 is 2.01. The maximum atomic E-state index is 2.70. The predicted molar refractivity (Wildman–Crippen MR) is 317 cm³/mol. The molecular weight excluding hydrogens is 876 g/mol. The number of aryl methyl sites for hydroxylation is 1. The SMILES string of the molecule is Cc1cc2c3c(c1)N(c1cc(C(C)(C)C)cc(C(C)(C)C)c1)c1c(sc4ccc(C(C)(C)C)cc14)B3c1cc(C(C)(C)C)ccc1N2c1ccc(C(C)(C)C)cc1-c1cc(C(C)(C)C)cc(C(C)(C)C)c1. The molecule has 2 aliphatic rings. The molecule has 370 valence electrons. The molecule has 0 N–H and O–H groups in total. The Balaban J connectivity index is 1.45. The van der Waals surface area contributed by atoms with Crippen molar-refractivity contribution in [2.75, 3.05) is 9.80 Å². The van der Waals surface area contributed by atoms with E-state index in [0.29, 0.717) is 0 Å². The van der Waals surface area contributed by atoms with E-state index < -0.39 is 0 Å². The van der Waals surface area contributed by atoms with E-state index in [9.17, 15) is 0 Å². The zero-order valence-electron chi connectivity index (χ0n) is 47.7. The van der Waals surface area contributed by atoms with Crippen molar-refractivity contribution in [1.82, 2.24) is 0 Å². The number of nitrogens with zero attached hydrogens (tertiary/aromatic N) is 2. The highest BCUT2D eigenvalue weighted by atomic mass is 32.1. The van der Waals surface area contributed by atoms with Gasteiger partial charge in [-0.15, -0.1) is 11.3 Å². The minimum Gasteiger partial charge on any atom is -0.311 e. The number of hydrogen-bond donors (Lipinski definition) is 0. The van der Waals surface area contributed by atoms with Crippen molar-refractivity contribution in [1.29, 1.82) is 0 Å². The maximum Gasteiger partial charge on any atom is 0.264 e. The van der Waals surface area contributed by atoms with Crippen molar-refractivity contribution in [2.45, 2.75) is 190 Å². The average Bonchev–Trinajstić information content (AvgIpc) is 3.62. The molecular formula is C67H83BN2S. The summed E-state index contributed by atoms with van der Waals surface area (Å²) in [7, 11) is 0. The van der Waals surface area contributed by atoms with Gasteiger partial charge in [0.2, 0.25) is 0 Å². The lowest BCUT2D eigenvalue weighted by Gasteiger charge is -2.44. The Bertz CT molecular complexity index is 3190. The van der Waals surface area contributed by atoms with E-state index in [1.54, 1.807) is 0 Å². The van der Waals surface area contributed by atoms with Crippen LogP contribution >= 0.6 is 11.3 Å². The third kappa shape index (κ3) is 9.12. The quantitative estimate of drug-likeness (QED) is 0.163. The van der Waals surface area contributed by atoms with E-state index in [1.807, 2.05) is 11.3 Å². The molecule has 9 rings (SSSR count). The first kappa shape index (κ1) is 50.9. The van der Waals surface area contributed by atoms with E-state index in [0.717, 1.165) is 0 Å². The van der Waals surface area contributed by atoms with Gasteiger partial charge in [0.15, 0.2) is 0 Å². The topological polar surface area (TPSA) is 6.48 Å². The smallest absolute Gasteiger partial charge is 0.264 e. The van der Waals surface area contributed by atoms with Crippen LogP contribution in [0.1, 0.15) is 190 Å². The number of anilines is 6. The molecule has 0 radical (unpaired) electrons. The largest absolute Gasteiger partial charge is 0.311 e. The first-order valence-corrected chi connectivity index (χ1v) is 27.3. The fraction of sp³-hybridized carbons (Fsp3) is 0.433. The molecule has 4 heteroatoms. The van der Waals surface area contributed by atoms with Crippen molar-refractivity contribution in [2.24, 2.45) is 0 Å². The molecule has 1 aromatic heterocycles. The van der Waals surface area contributed by atoms with Gasteiger partial charge in [-0.1, -0.05) is 194 Å². The molecule has 0 saturated heterocycles. The first-order valence-electron chi connectivity index (χ1n) is 26.4. The molecule has 2 aliphatic heterocycles. The monoisotopic (exact) mass is 959 g/mol. The molecule has 0 atom stereocenters. The lowest BCUT2D eigenvalue weighted by Crippen LogP contribution is -2.60. The highest BCUT2D eigenvalue weighted by Crippen LogP contribution is 2.52. The van der Waals surface area contributed by atoms with Gasteiger partial charge >= 0.3 is 0 Å². The second-order valence-electron chi connectivity index (χ2n) is 28.7. The molecule has 0 fully saturated rings. The molecule has 2 nitrogen and oxygen atoms in total. The first-order chi connectivity index (χ1) is 32.5. The molecule has 0 amide bonds. The molecule has 0 unspecified atom stereocenters. The van der Waals surface area contributed by atoms with Crippen molar-refractivity contribution in [3.05, 3.63) is 148 Å². The van der Waals surface area contributed by atoms with E-state index in [1.165, 1.54) is 116 Å². The molecule has 0 saturated carbocycles. The van der Waals surface area contributed by atoms with Crippen LogP contribution in [0.5, 0.6) is 0 Å². The highest BCUT2D eigenvalue weighted by molar-refractivity contribution is 7.33. The van der Waals surface area contributed by atoms with Gasteiger partial charge in [0, 0.05) is 43.2 Å². The lowest BCUT2D eigenvalue weighted by molar-refractivity contribution is 0.568. The van der Waals surface area contributed by atoms with Gasteiger partial charge in [-0.25, -0.2) is 0 Å². The van der Waals surface area contributed by atoms with Crippen molar-refractivity contribution < 1.29 is 0 Å². The van der Waals surface area contributed by atoms with E-state index in [2.05, 4.69) is 265 Å². The minimum absolute atomic E-state index is 0.00440. The second-order valence-corrected chi connectivity index (χ2v) is 29.8. The van der Waals surface area contributed by atoms with Gasteiger partial charge in [-0.2, -0.15) is 0 Å². The zero-order valence-corrected chi connectivity index (χ0v) is 48.5. The van der Waals surface area contributed by atoms with E-state index in [-0.39, 0.29) is 44.6 Å².